The first-order valence-electron chi connectivity index (χ1n) is 7.25. The van der Waals surface area contributed by atoms with Crippen molar-refractivity contribution in [3.05, 3.63) is 52.2 Å². The molecular weight excluding hydrogens is 320 g/mol. The number of alkyl halides is 2. The normalized spacial score (nSPS) is 11.6. The summed E-state index contributed by atoms with van der Waals surface area (Å²) in [5.41, 5.74) is 0.802. The van der Waals surface area contributed by atoms with Gasteiger partial charge < -0.3 is 15.4 Å². The first-order valence-corrected chi connectivity index (χ1v) is 8.13. The van der Waals surface area contributed by atoms with Gasteiger partial charge in [-0.25, -0.2) is 4.99 Å². The maximum Gasteiger partial charge on any atom is 0.387 e. The molecule has 0 bridgehead atoms. The Kier molecular flexibility index (Phi) is 6.80. The summed E-state index contributed by atoms with van der Waals surface area (Å²) >= 11 is 1.67. The van der Waals surface area contributed by atoms with E-state index in [1.54, 1.807) is 23.5 Å². The number of thiophene rings is 1. The summed E-state index contributed by atoms with van der Waals surface area (Å²) in [6.07, 6.45) is 0. The van der Waals surface area contributed by atoms with Crippen molar-refractivity contribution >= 4 is 17.3 Å². The van der Waals surface area contributed by atoms with Crippen LogP contribution in [0.4, 0.5) is 8.78 Å². The average Bonchev–Trinajstić information content (AvgIpc) is 3.03. The van der Waals surface area contributed by atoms with E-state index in [-0.39, 0.29) is 5.75 Å². The van der Waals surface area contributed by atoms with Crippen LogP contribution in [0.25, 0.3) is 0 Å². The van der Waals surface area contributed by atoms with Crippen LogP contribution in [0.2, 0.25) is 0 Å². The van der Waals surface area contributed by atoms with Crippen LogP contribution in [0, 0.1) is 0 Å². The number of hydrogen-bond acceptors (Lipinski definition) is 3. The fourth-order valence-corrected chi connectivity index (χ4v) is 2.56. The molecule has 1 aromatic carbocycles. The van der Waals surface area contributed by atoms with Gasteiger partial charge in [-0.2, -0.15) is 8.78 Å². The molecule has 4 nitrogen and oxygen atoms in total. The molecule has 0 fully saturated rings. The summed E-state index contributed by atoms with van der Waals surface area (Å²) in [4.78, 5) is 5.67. The minimum absolute atomic E-state index is 0.143. The minimum atomic E-state index is -2.82. The van der Waals surface area contributed by atoms with Crippen molar-refractivity contribution in [3.63, 3.8) is 0 Å². The van der Waals surface area contributed by atoms with E-state index in [1.165, 1.54) is 10.9 Å². The zero-order chi connectivity index (χ0) is 16.5. The van der Waals surface area contributed by atoms with Crippen molar-refractivity contribution in [2.45, 2.75) is 26.6 Å². The predicted molar refractivity (Wildman–Crippen MR) is 89.0 cm³/mol. The van der Waals surface area contributed by atoms with Crippen molar-refractivity contribution in [2.75, 3.05) is 6.54 Å². The molecule has 0 unspecified atom stereocenters. The van der Waals surface area contributed by atoms with Crippen LogP contribution >= 0.6 is 11.3 Å². The van der Waals surface area contributed by atoms with Gasteiger partial charge in [-0.3, -0.25) is 0 Å². The van der Waals surface area contributed by atoms with E-state index in [2.05, 4.69) is 20.4 Å². The Morgan fingerprint density at radius 2 is 2.13 bits per heavy atom. The molecule has 0 saturated carbocycles. The topological polar surface area (TPSA) is 45.7 Å². The Hall–Kier alpha value is -2.15. The summed E-state index contributed by atoms with van der Waals surface area (Å²) in [7, 11) is 0. The molecule has 2 aromatic rings. The highest BCUT2D eigenvalue weighted by molar-refractivity contribution is 7.09. The van der Waals surface area contributed by atoms with E-state index < -0.39 is 6.61 Å². The Morgan fingerprint density at radius 1 is 1.26 bits per heavy atom. The van der Waals surface area contributed by atoms with Gasteiger partial charge in [-0.05, 0) is 36.1 Å². The number of ether oxygens (including phenoxy) is 1. The van der Waals surface area contributed by atoms with Crippen molar-refractivity contribution < 1.29 is 13.5 Å². The monoisotopic (exact) mass is 339 g/mol. The van der Waals surface area contributed by atoms with Crippen LogP contribution in [0.1, 0.15) is 17.4 Å². The van der Waals surface area contributed by atoms with Gasteiger partial charge in [0.15, 0.2) is 5.96 Å². The number of hydrogen-bond donors (Lipinski definition) is 2. The van der Waals surface area contributed by atoms with Gasteiger partial charge in [0.2, 0.25) is 0 Å². The van der Waals surface area contributed by atoms with Crippen molar-refractivity contribution in [3.8, 4) is 5.75 Å². The van der Waals surface area contributed by atoms with Crippen LogP contribution in [-0.4, -0.2) is 19.1 Å². The molecule has 0 saturated heterocycles. The maximum absolute atomic E-state index is 12.2. The Balaban J connectivity index is 1.96. The van der Waals surface area contributed by atoms with E-state index in [9.17, 15) is 8.78 Å². The molecule has 0 amide bonds. The fourth-order valence-electron chi connectivity index (χ4n) is 1.92. The number of benzene rings is 1. The van der Waals surface area contributed by atoms with E-state index in [1.807, 2.05) is 30.5 Å². The van der Waals surface area contributed by atoms with Crippen LogP contribution in [0.15, 0.2) is 46.8 Å². The van der Waals surface area contributed by atoms with E-state index in [0.29, 0.717) is 19.0 Å². The highest BCUT2D eigenvalue weighted by atomic mass is 32.1. The number of rotatable bonds is 7. The Bertz CT molecular complexity index is 618. The third kappa shape index (κ3) is 6.23. The maximum atomic E-state index is 12.2. The lowest BCUT2D eigenvalue weighted by Gasteiger charge is -2.11. The summed E-state index contributed by atoms with van der Waals surface area (Å²) in [6, 6.07) is 10.6. The molecule has 0 aliphatic carbocycles. The van der Waals surface area contributed by atoms with Gasteiger partial charge in [0.25, 0.3) is 0 Å². The standard InChI is InChI=1S/C16H19F2N3OS/c1-2-19-16(21-11-14-7-4-8-23-14)20-10-12-5-3-6-13(9-12)22-15(17)18/h3-9,15H,2,10-11H2,1H3,(H2,19,20,21). The number of nitrogens with zero attached hydrogens (tertiary/aromatic N) is 1. The van der Waals surface area contributed by atoms with Gasteiger partial charge in [0.1, 0.15) is 5.75 Å². The number of aliphatic imine (C=N–C) groups is 1. The zero-order valence-corrected chi connectivity index (χ0v) is 13.6. The third-order valence-electron chi connectivity index (χ3n) is 2.90. The molecule has 1 aromatic heterocycles. The van der Waals surface area contributed by atoms with Gasteiger partial charge >= 0.3 is 6.61 Å². The molecule has 23 heavy (non-hydrogen) atoms. The van der Waals surface area contributed by atoms with Crippen LogP contribution in [0.5, 0.6) is 5.75 Å². The van der Waals surface area contributed by atoms with E-state index >= 15 is 0 Å². The van der Waals surface area contributed by atoms with Crippen LogP contribution in [-0.2, 0) is 13.1 Å². The largest absolute Gasteiger partial charge is 0.435 e. The molecular formula is C16H19F2N3OS. The molecule has 1 heterocycles. The molecule has 124 valence electrons. The SMILES string of the molecule is CCNC(=NCc1cccc(OC(F)F)c1)NCc1cccs1. The minimum Gasteiger partial charge on any atom is -0.435 e. The molecule has 2 N–H and O–H groups in total. The van der Waals surface area contributed by atoms with Gasteiger partial charge in [-0.1, -0.05) is 18.2 Å². The van der Waals surface area contributed by atoms with Gasteiger partial charge in [0, 0.05) is 11.4 Å². The molecule has 0 aliphatic rings. The van der Waals surface area contributed by atoms with Crippen molar-refractivity contribution in [1.82, 2.24) is 10.6 Å². The Labute approximate surface area is 138 Å². The van der Waals surface area contributed by atoms with Gasteiger partial charge in [-0.15, -0.1) is 11.3 Å². The number of guanidine groups is 1. The second kappa shape index (κ2) is 9.09. The summed E-state index contributed by atoms with van der Waals surface area (Å²) in [5, 5.41) is 8.42. The number of halogens is 2. The van der Waals surface area contributed by atoms with Crippen molar-refractivity contribution in [1.29, 1.82) is 0 Å². The third-order valence-corrected chi connectivity index (χ3v) is 3.77. The first kappa shape index (κ1) is 17.2. The smallest absolute Gasteiger partial charge is 0.387 e. The molecule has 0 radical (unpaired) electrons. The second-order valence-electron chi connectivity index (χ2n) is 4.65. The summed E-state index contributed by atoms with van der Waals surface area (Å²) in [6.45, 7) is 0.973. The number of nitrogens with one attached hydrogen (secondary N) is 2. The van der Waals surface area contributed by atoms with Gasteiger partial charge in [0.05, 0.1) is 13.1 Å². The van der Waals surface area contributed by atoms with E-state index in [0.717, 1.165) is 12.1 Å². The highest BCUT2D eigenvalue weighted by Crippen LogP contribution is 2.16. The summed E-state index contributed by atoms with van der Waals surface area (Å²) < 4.78 is 28.9. The first-order chi connectivity index (χ1) is 11.2. The highest BCUT2D eigenvalue weighted by Gasteiger charge is 2.05. The molecule has 0 aliphatic heterocycles. The Morgan fingerprint density at radius 3 is 2.83 bits per heavy atom. The second-order valence-corrected chi connectivity index (χ2v) is 5.69. The lowest BCUT2D eigenvalue weighted by Crippen LogP contribution is -2.36. The van der Waals surface area contributed by atoms with Crippen LogP contribution in [0.3, 0.4) is 0 Å². The fraction of sp³-hybridized carbons (Fsp3) is 0.312. The zero-order valence-electron chi connectivity index (χ0n) is 12.8. The van der Waals surface area contributed by atoms with E-state index in [4.69, 9.17) is 0 Å². The lowest BCUT2D eigenvalue weighted by atomic mass is 10.2. The summed E-state index contributed by atoms with van der Waals surface area (Å²) in [5.74, 6) is 0.824. The van der Waals surface area contributed by atoms with Crippen LogP contribution < -0.4 is 15.4 Å². The molecule has 0 atom stereocenters. The predicted octanol–water partition coefficient (Wildman–Crippen LogP) is 3.60. The average molecular weight is 339 g/mol. The molecule has 0 spiro atoms. The lowest BCUT2D eigenvalue weighted by molar-refractivity contribution is -0.0498. The quantitative estimate of drug-likeness (QED) is 0.598. The molecule has 2 rings (SSSR count). The van der Waals surface area contributed by atoms with Crippen molar-refractivity contribution in [2.24, 2.45) is 4.99 Å². The molecule has 7 heteroatoms.